The summed E-state index contributed by atoms with van der Waals surface area (Å²) in [5.41, 5.74) is 1.29. The highest BCUT2D eigenvalue weighted by Crippen LogP contribution is 2.41. The summed E-state index contributed by atoms with van der Waals surface area (Å²) in [5.74, 6) is 0.170. The molecular weight excluding hydrogens is 667 g/mol. The van der Waals surface area contributed by atoms with E-state index >= 15 is 0 Å². The van der Waals surface area contributed by atoms with Gasteiger partial charge >= 0.3 is 12.1 Å². The summed E-state index contributed by atoms with van der Waals surface area (Å²) in [5, 5.41) is 22.3. The highest BCUT2D eigenvalue weighted by molar-refractivity contribution is 6.74. The molecule has 1 amide bonds. The largest absolute Gasteiger partial charge is 0.543 e. The van der Waals surface area contributed by atoms with Crippen molar-refractivity contribution < 1.29 is 43.2 Å². The van der Waals surface area contributed by atoms with E-state index in [0.29, 0.717) is 23.5 Å². The number of ether oxygens (including phenoxy) is 4. The Balaban J connectivity index is 2.12. The normalized spacial score (nSPS) is 23.3. The number of nitrogens with zero attached hydrogens (tertiary/aromatic N) is 1. The molecule has 0 radical (unpaired) electrons. The van der Waals surface area contributed by atoms with Crippen LogP contribution in [0.25, 0.3) is 6.08 Å². The van der Waals surface area contributed by atoms with E-state index in [9.17, 15) is 19.8 Å². The van der Waals surface area contributed by atoms with Crippen LogP contribution >= 0.6 is 0 Å². The molecule has 1 heterocycles. The molecule has 2 aromatic carbocycles. The predicted octanol–water partition coefficient (Wildman–Crippen LogP) is 8.30. The van der Waals surface area contributed by atoms with Crippen molar-refractivity contribution >= 4 is 32.1 Å². The predicted molar refractivity (Wildman–Crippen MR) is 204 cm³/mol. The van der Waals surface area contributed by atoms with Crippen molar-refractivity contribution in [3.8, 4) is 11.5 Å². The number of esters is 1. The molecule has 2 aromatic rings. The zero-order valence-electron chi connectivity index (χ0n) is 32.5. The first-order valence-electron chi connectivity index (χ1n) is 17.7. The smallest absolute Gasteiger partial charge is 0.414 e. The number of rotatable bonds is 8. The molecule has 11 heteroatoms. The van der Waals surface area contributed by atoms with Gasteiger partial charge in [0.1, 0.15) is 41.0 Å². The molecule has 0 saturated heterocycles. The lowest BCUT2D eigenvalue weighted by Gasteiger charge is -2.37. The van der Waals surface area contributed by atoms with Gasteiger partial charge in [-0.2, -0.15) is 0 Å². The van der Waals surface area contributed by atoms with Crippen LogP contribution < -0.4 is 14.1 Å². The van der Waals surface area contributed by atoms with Gasteiger partial charge in [-0.25, -0.2) is 9.59 Å². The minimum absolute atomic E-state index is 0.0457. The van der Waals surface area contributed by atoms with Gasteiger partial charge in [0.05, 0.1) is 25.5 Å². The van der Waals surface area contributed by atoms with Crippen LogP contribution in [-0.4, -0.2) is 74.3 Å². The van der Waals surface area contributed by atoms with E-state index in [0.717, 1.165) is 11.3 Å². The zero-order chi connectivity index (χ0) is 38.3. The minimum atomic E-state index is -2.52. The number of cyclic esters (lactones) is 1. The van der Waals surface area contributed by atoms with Crippen molar-refractivity contribution in [2.45, 2.75) is 123 Å². The van der Waals surface area contributed by atoms with Crippen LogP contribution in [0.3, 0.4) is 0 Å². The Hall–Kier alpha value is -3.64. The Morgan fingerprint density at radius 2 is 1.67 bits per heavy atom. The van der Waals surface area contributed by atoms with Crippen LogP contribution in [0.4, 0.5) is 10.5 Å². The number of aliphatic hydroxyl groups is 2. The fraction of sp³-hybridized carbons (Fsp3) is 0.550. The Kier molecular flexibility index (Phi) is 14.1. The number of hydrogen-bond donors (Lipinski definition) is 2. The second-order valence-corrected chi connectivity index (χ2v) is 20.4. The topological polar surface area (TPSA) is 124 Å². The summed E-state index contributed by atoms with van der Waals surface area (Å²) in [6.07, 6.45) is 2.54. The van der Waals surface area contributed by atoms with E-state index in [1.54, 1.807) is 65.2 Å². The third-order valence-corrected chi connectivity index (χ3v) is 13.7. The molecular formula is C40H59NO9Si. The van der Waals surface area contributed by atoms with Crippen LogP contribution in [0.1, 0.15) is 90.2 Å². The molecule has 10 nitrogen and oxygen atoms in total. The lowest BCUT2D eigenvalue weighted by Crippen LogP contribution is -2.44. The zero-order valence-corrected chi connectivity index (χ0v) is 33.5. The van der Waals surface area contributed by atoms with Crippen molar-refractivity contribution in [3.05, 3.63) is 71.3 Å². The summed E-state index contributed by atoms with van der Waals surface area (Å²) in [6.45, 7) is 21.9. The molecule has 282 valence electrons. The summed E-state index contributed by atoms with van der Waals surface area (Å²) < 4.78 is 30.0. The molecule has 1 aliphatic heterocycles. The van der Waals surface area contributed by atoms with Crippen LogP contribution in [-0.2, 0) is 20.8 Å². The van der Waals surface area contributed by atoms with Gasteiger partial charge in [-0.1, -0.05) is 64.1 Å². The van der Waals surface area contributed by atoms with Gasteiger partial charge in [-0.05, 0) is 88.5 Å². The van der Waals surface area contributed by atoms with Crippen molar-refractivity contribution in [2.75, 3.05) is 18.6 Å². The van der Waals surface area contributed by atoms with Gasteiger partial charge in [0, 0.05) is 18.5 Å². The Morgan fingerprint density at radius 1 is 1.02 bits per heavy atom. The molecule has 0 aliphatic carbocycles. The highest BCUT2D eigenvalue weighted by atomic mass is 28.4. The van der Waals surface area contributed by atoms with Gasteiger partial charge in [-0.15, -0.1) is 0 Å². The van der Waals surface area contributed by atoms with Crippen LogP contribution in [0.5, 0.6) is 11.5 Å². The number of carbonyl (C=O) groups is 2. The Labute approximate surface area is 305 Å². The molecule has 0 spiro atoms. The average Bonchev–Trinajstić information content (AvgIpc) is 3.02. The minimum Gasteiger partial charge on any atom is -0.543 e. The Morgan fingerprint density at radius 3 is 2.24 bits per heavy atom. The summed E-state index contributed by atoms with van der Waals surface area (Å²) in [7, 11) is -0.921. The maximum absolute atomic E-state index is 14.2. The second kappa shape index (κ2) is 17.2. The number of benzene rings is 2. The lowest BCUT2D eigenvalue weighted by atomic mass is 9.98. The SMILES string of the molecule is CCN(C(=O)OC(C)(C)C)c1cc2c(c(O[Si](C)(C)C(C)(C)C)c1)C(=O)O[C@@H](C)[C@H](C)/C=C\[C@@H](OCc1ccc(OC)cc1)[C@@H](O)[C@@H](O)C/C=C/2. The molecule has 1 aliphatic rings. The van der Waals surface area contributed by atoms with Crippen molar-refractivity contribution in [2.24, 2.45) is 5.92 Å². The van der Waals surface area contributed by atoms with Crippen molar-refractivity contribution in [1.82, 2.24) is 0 Å². The molecule has 0 aromatic heterocycles. The van der Waals surface area contributed by atoms with E-state index in [1.807, 2.05) is 44.2 Å². The number of amides is 1. The molecule has 0 saturated carbocycles. The third kappa shape index (κ3) is 11.4. The number of methoxy groups -OCH3 is 1. The van der Waals surface area contributed by atoms with Crippen LogP contribution in [0.15, 0.2) is 54.6 Å². The van der Waals surface area contributed by atoms with E-state index in [-0.39, 0.29) is 29.5 Å². The summed E-state index contributed by atoms with van der Waals surface area (Å²) in [4.78, 5) is 29.1. The number of fused-ring (bicyclic) bond motifs is 1. The summed E-state index contributed by atoms with van der Waals surface area (Å²) >= 11 is 0. The quantitative estimate of drug-likeness (QED) is 0.157. The molecule has 0 unspecified atom stereocenters. The second-order valence-electron chi connectivity index (χ2n) is 15.7. The molecule has 3 rings (SSSR count). The van der Waals surface area contributed by atoms with Gasteiger partial charge < -0.3 is 33.6 Å². The van der Waals surface area contributed by atoms with E-state index in [2.05, 4.69) is 33.9 Å². The molecule has 0 fully saturated rings. The average molecular weight is 726 g/mol. The van der Waals surface area contributed by atoms with E-state index < -0.39 is 50.4 Å². The molecule has 5 atom stereocenters. The van der Waals surface area contributed by atoms with Crippen molar-refractivity contribution in [1.29, 1.82) is 0 Å². The van der Waals surface area contributed by atoms with Gasteiger partial charge in [-0.3, -0.25) is 4.90 Å². The van der Waals surface area contributed by atoms with Crippen LogP contribution in [0.2, 0.25) is 18.1 Å². The number of anilines is 1. The lowest BCUT2D eigenvalue weighted by molar-refractivity contribution is -0.0741. The monoisotopic (exact) mass is 725 g/mol. The van der Waals surface area contributed by atoms with E-state index in [4.69, 9.17) is 23.4 Å². The fourth-order valence-corrected chi connectivity index (χ4v) is 6.04. The van der Waals surface area contributed by atoms with E-state index in [1.165, 1.54) is 4.90 Å². The Bertz CT molecular complexity index is 1540. The first-order chi connectivity index (χ1) is 23.7. The maximum atomic E-state index is 14.2. The highest BCUT2D eigenvalue weighted by Gasteiger charge is 2.41. The summed E-state index contributed by atoms with van der Waals surface area (Å²) in [6, 6.07) is 10.8. The number of carbonyl (C=O) groups excluding carboxylic acids is 2. The molecule has 51 heavy (non-hydrogen) atoms. The standard InChI is InChI=1S/C40H59NO9Si/c1-13-41(38(45)49-39(4,5)6)30-23-29-15-14-16-32(42)36(43)33(47-25-28-18-20-31(46-10)21-19-28)22-17-26(2)27(3)48-37(44)35(29)34(24-30)50-51(11,12)40(7,8)9/h14-15,17-24,26-27,32-33,36,42-43H,13,16,25H2,1-12H3/b15-14+,22-17-/t26-,27+,32+,33-,36+/m1/s1. The number of hydrogen-bond acceptors (Lipinski definition) is 9. The van der Waals surface area contributed by atoms with Crippen LogP contribution in [0, 0.1) is 5.92 Å². The van der Waals surface area contributed by atoms with Gasteiger partial charge in [0.25, 0.3) is 8.32 Å². The molecule has 0 bridgehead atoms. The maximum Gasteiger partial charge on any atom is 0.414 e. The van der Waals surface area contributed by atoms with Gasteiger partial charge in [0.2, 0.25) is 0 Å². The van der Waals surface area contributed by atoms with Gasteiger partial charge in [0.15, 0.2) is 0 Å². The first kappa shape index (κ1) is 41.8. The molecule has 2 N–H and O–H groups in total. The van der Waals surface area contributed by atoms with Crippen molar-refractivity contribution in [3.63, 3.8) is 0 Å². The number of aliphatic hydroxyl groups excluding tert-OH is 2. The third-order valence-electron chi connectivity index (χ3n) is 9.38. The fourth-order valence-electron chi connectivity index (χ4n) is 5.02. The first-order valence-corrected chi connectivity index (χ1v) is 20.6.